The maximum Gasteiger partial charge on any atom is 0.408 e. The van der Waals surface area contributed by atoms with Gasteiger partial charge >= 0.3 is 5.13 Å². The number of aliphatic hydroxyl groups excluding tert-OH is 2. The summed E-state index contributed by atoms with van der Waals surface area (Å²) in [6.45, 7) is 7.23. The number of aryl methyl sites for hydroxylation is 2. The Kier molecular flexibility index (Phi) is 16.9. The predicted molar refractivity (Wildman–Crippen MR) is 166 cm³/mol. The number of aromatic nitrogens is 1. The Morgan fingerprint density at radius 1 is 0.837 bits per heavy atom. The van der Waals surface area contributed by atoms with E-state index in [9.17, 15) is 5.11 Å². The molecule has 0 saturated heterocycles. The molecule has 0 fully saturated rings. The molecule has 43 heavy (non-hydrogen) atoms. The number of hydrogen-bond donors (Lipinski definition) is 2. The second-order valence-electron chi connectivity index (χ2n) is 9.74. The van der Waals surface area contributed by atoms with Crippen molar-refractivity contribution < 1.29 is 38.5 Å². The topological polar surface area (TPSA) is 118 Å². The van der Waals surface area contributed by atoms with Crippen molar-refractivity contribution >= 4 is 27.8 Å². The molecule has 12 heteroatoms. The summed E-state index contributed by atoms with van der Waals surface area (Å²) in [6.07, 6.45) is 1.27. The molecule has 1 aromatic heterocycles. The molecular formula is C31H45N4O7S+. The summed E-state index contributed by atoms with van der Waals surface area (Å²) in [6, 6.07) is 16.2. The molecule has 3 rings (SSSR count). The molecule has 0 aliphatic carbocycles. The average Bonchev–Trinajstić information content (AvgIpc) is 3.43. The van der Waals surface area contributed by atoms with Gasteiger partial charge in [-0.15, -0.1) is 0 Å². The Hall–Kier alpha value is -2.81. The quantitative estimate of drug-likeness (QED) is 0.0939. The number of ether oxygens (including phenoxy) is 5. The van der Waals surface area contributed by atoms with E-state index in [1.54, 1.807) is 0 Å². The molecule has 1 atom stereocenters. The lowest BCUT2D eigenvalue weighted by atomic mass is 10.1. The lowest BCUT2D eigenvalue weighted by Gasteiger charge is -2.28. The number of thiazole rings is 1. The molecule has 0 radical (unpaired) electrons. The van der Waals surface area contributed by atoms with Crippen LogP contribution in [0.25, 0.3) is 0 Å². The molecule has 2 N–H and O–H groups in total. The van der Waals surface area contributed by atoms with Gasteiger partial charge in [0.15, 0.2) is 0 Å². The van der Waals surface area contributed by atoms with Gasteiger partial charge in [0.1, 0.15) is 11.9 Å². The Morgan fingerprint density at radius 2 is 1.47 bits per heavy atom. The van der Waals surface area contributed by atoms with Crippen molar-refractivity contribution in [3.05, 3.63) is 71.2 Å². The Bertz CT molecular complexity index is 1180. The van der Waals surface area contributed by atoms with Gasteiger partial charge in [0, 0.05) is 24.2 Å². The molecule has 2 aromatic carbocycles. The first kappa shape index (κ1) is 34.7. The van der Waals surface area contributed by atoms with Crippen molar-refractivity contribution in [3.63, 3.8) is 0 Å². The molecule has 236 valence electrons. The summed E-state index contributed by atoms with van der Waals surface area (Å²) in [5, 5.41) is 31.1. The molecule has 0 amide bonds. The summed E-state index contributed by atoms with van der Waals surface area (Å²) in [5.74, 6) is 0. The van der Waals surface area contributed by atoms with Gasteiger partial charge < -0.3 is 38.8 Å². The first-order chi connectivity index (χ1) is 21.1. The van der Waals surface area contributed by atoms with Crippen molar-refractivity contribution in [2.24, 2.45) is 17.3 Å². The minimum atomic E-state index is -0.681. The number of aliphatic hydroxyl groups is 2. The third-order valence-electron chi connectivity index (χ3n) is 6.23. The second kappa shape index (κ2) is 21.0. The molecule has 0 spiro atoms. The number of hydrogen-bond acceptors (Lipinski definition) is 11. The van der Waals surface area contributed by atoms with Crippen LogP contribution in [0.2, 0.25) is 0 Å². The fourth-order valence-electron chi connectivity index (χ4n) is 4.00. The van der Waals surface area contributed by atoms with E-state index in [0.717, 1.165) is 27.6 Å². The highest BCUT2D eigenvalue weighted by Crippen LogP contribution is 2.28. The van der Waals surface area contributed by atoms with Crippen molar-refractivity contribution in [1.82, 2.24) is 0 Å². The van der Waals surface area contributed by atoms with Gasteiger partial charge in [-0.25, -0.2) is 4.57 Å². The Balaban J connectivity index is 1.38. The van der Waals surface area contributed by atoms with Gasteiger partial charge in [-0.05, 0) is 52.7 Å². The molecule has 0 aliphatic rings. The van der Waals surface area contributed by atoms with Crippen LogP contribution >= 0.6 is 11.3 Å². The molecule has 11 nitrogen and oxygen atoms in total. The van der Waals surface area contributed by atoms with E-state index in [0.29, 0.717) is 72.6 Å². The van der Waals surface area contributed by atoms with E-state index in [1.807, 2.05) is 60.4 Å². The van der Waals surface area contributed by atoms with Crippen LogP contribution < -0.4 is 9.47 Å². The van der Waals surface area contributed by atoms with Gasteiger partial charge in [-0.1, -0.05) is 30.3 Å². The highest BCUT2D eigenvalue weighted by atomic mass is 32.1. The maximum atomic E-state index is 10.8. The van der Waals surface area contributed by atoms with Gasteiger partial charge in [0.05, 0.1) is 90.9 Å². The van der Waals surface area contributed by atoms with Crippen molar-refractivity contribution in [3.8, 4) is 0 Å². The molecule has 0 bridgehead atoms. The number of benzene rings is 2. The van der Waals surface area contributed by atoms with E-state index in [4.69, 9.17) is 28.8 Å². The van der Waals surface area contributed by atoms with Crippen LogP contribution in [0.4, 0.5) is 16.5 Å². The molecule has 3 aromatic rings. The fraction of sp³-hybridized carbons (Fsp3) is 0.516. The summed E-state index contributed by atoms with van der Waals surface area (Å²) in [5.41, 5.74) is 3.95. The highest BCUT2D eigenvalue weighted by Gasteiger charge is 2.16. The van der Waals surface area contributed by atoms with Crippen LogP contribution in [-0.4, -0.2) is 95.5 Å². The van der Waals surface area contributed by atoms with Crippen molar-refractivity contribution in [2.45, 2.75) is 19.6 Å². The zero-order valence-corrected chi connectivity index (χ0v) is 26.0. The minimum absolute atomic E-state index is 0.0162. The number of nitrogens with zero attached hydrogens (tertiary/aromatic N) is 4. The van der Waals surface area contributed by atoms with Crippen LogP contribution in [0.15, 0.2) is 70.3 Å². The van der Waals surface area contributed by atoms with Crippen LogP contribution in [0.3, 0.4) is 0 Å². The Morgan fingerprint density at radius 3 is 2.05 bits per heavy atom. The SMILES string of the molecule is Cc1cc(N(Cc2ccccc2)CC(O)COCCOCCOCCOCCOCCO)ccc1/N=N/c1scc[n+]1C. The van der Waals surface area contributed by atoms with Gasteiger partial charge in [0.2, 0.25) is 0 Å². The van der Waals surface area contributed by atoms with Crippen molar-refractivity contribution in [2.75, 3.05) is 84.1 Å². The van der Waals surface area contributed by atoms with E-state index in [-0.39, 0.29) is 13.2 Å². The minimum Gasteiger partial charge on any atom is -0.394 e. The van der Waals surface area contributed by atoms with Crippen LogP contribution in [0.5, 0.6) is 0 Å². The van der Waals surface area contributed by atoms with Gasteiger partial charge in [-0.2, -0.15) is 0 Å². The standard InChI is InChI=1S/C31H45N4O7S/c1-26-22-28(8-9-30(26)32-33-31-34(2)10-21-43-31)35(23-27-6-4-3-5-7-27)24-29(37)25-42-20-19-41-18-17-40-16-15-39-14-13-38-12-11-36/h3-10,21-22,29,36-37H,11-20,23-25H2,1-2H3/q+1. The lowest BCUT2D eigenvalue weighted by Crippen LogP contribution is -2.35. The van der Waals surface area contributed by atoms with Crippen LogP contribution in [0.1, 0.15) is 11.1 Å². The molecule has 1 unspecified atom stereocenters. The normalized spacial score (nSPS) is 12.3. The molecule has 0 saturated carbocycles. The third kappa shape index (κ3) is 14.0. The summed E-state index contributed by atoms with van der Waals surface area (Å²) >= 11 is 1.54. The van der Waals surface area contributed by atoms with E-state index in [2.05, 4.69) is 33.3 Å². The zero-order chi connectivity index (χ0) is 30.5. The molecule has 1 heterocycles. The fourth-order valence-corrected chi connectivity index (χ4v) is 4.68. The number of anilines is 1. The first-order valence-corrected chi connectivity index (χ1v) is 15.4. The predicted octanol–water partition coefficient (Wildman–Crippen LogP) is 3.74. The van der Waals surface area contributed by atoms with Gasteiger partial charge in [-0.3, -0.25) is 0 Å². The highest BCUT2D eigenvalue weighted by molar-refractivity contribution is 7.12. The van der Waals surface area contributed by atoms with E-state index >= 15 is 0 Å². The first-order valence-electron chi connectivity index (χ1n) is 14.5. The molecular weight excluding hydrogens is 572 g/mol. The smallest absolute Gasteiger partial charge is 0.394 e. The maximum absolute atomic E-state index is 10.8. The van der Waals surface area contributed by atoms with Crippen molar-refractivity contribution in [1.29, 1.82) is 0 Å². The summed E-state index contributed by atoms with van der Waals surface area (Å²) in [7, 11) is 1.95. The lowest BCUT2D eigenvalue weighted by molar-refractivity contribution is -0.654. The summed E-state index contributed by atoms with van der Waals surface area (Å²) in [4.78, 5) is 2.15. The van der Waals surface area contributed by atoms with Gasteiger partial charge in [0.25, 0.3) is 0 Å². The number of azo groups is 1. The van der Waals surface area contributed by atoms with E-state index in [1.165, 1.54) is 11.3 Å². The monoisotopic (exact) mass is 617 g/mol. The zero-order valence-electron chi connectivity index (χ0n) is 25.2. The largest absolute Gasteiger partial charge is 0.408 e. The van der Waals surface area contributed by atoms with Crippen LogP contribution in [0, 0.1) is 6.92 Å². The van der Waals surface area contributed by atoms with Crippen LogP contribution in [-0.2, 0) is 37.3 Å². The average molecular weight is 618 g/mol. The second-order valence-corrected chi connectivity index (χ2v) is 10.6. The third-order valence-corrected chi connectivity index (χ3v) is 7.07. The number of rotatable bonds is 23. The van der Waals surface area contributed by atoms with E-state index < -0.39 is 6.10 Å². The summed E-state index contributed by atoms with van der Waals surface area (Å²) < 4.78 is 29.1. The Labute approximate surface area is 258 Å². The molecule has 0 aliphatic heterocycles.